The van der Waals surface area contributed by atoms with Crippen LogP contribution in [-0.4, -0.2) is 75.5 Å². The number of methoxy groups -OCH3 is 2. The van der Waals surface area contributed by atoms with Crippen molar-refractivity contribution in [3.05, 3.63) is 97.2 Å². The summed E-state index contributed by atoms with van der Waals surface area (Å²) in [6.07, 6.45) is 20.5. The number of benzene rings is 1. The molecule has 1 aromatic carbocycles. The summed E-state index contributed by atoms with van der Waals surface area (Å²) in [5.41, 5.74) is 2.18. The third kappa shape index (κ3) is 8.76. The van der Waals surface area contributed by atoms with Crippen LogP contribution in [0.25, 0.3) is 0 Å². The number of hydrogen-bond acceptors (Lipinski definition) is 5. The number of halogens is 1. The van der Waals surface area contributed by atoms with Crippen molar-refractivity contribution in [2.45, 2.75) is 43.9 Å². The van der Waals surface area contributed by atoms with Gasteiger partial charge in [0.25, 0.3) is 0 Å². The topological polar surface area (TPSA) is 45.2 Å². The van der Waals surface area contributed by atoms with Crippen molar-refractivity contribution < 1.29 is 31.6 Å². The van der Waals surface area contributed by atoms with Gasteiger partial charge in [-0.2, -0.15) is 0 Å². The van der Waals surface area contributed by atoms with Crippen molar-refractivity contribution in [1.29, 1.82) is 0 Å². The number of rotatable bonds is 9. The van der Waals surface area contributed by atoms with E-state index in [9.17, 15) is 5.11 Å². The molecule has 4 aliphatic rings. The second-order valence-corrected chi connectivity index (χ2v) is 12.3. The zero-order valence-corrected chi connectivity index (χ0v) is 25.8. The molecule has 5 rings (SSSR count). The van der Waals surface area contributed by atoms with Gasteiger partial charge in [0.2, 0.25) is 0 Å². The summed E-state index contributed by atoms with van der Waals surface area (Å²) in [6.45, 7) is 3.66. The normalized spacial score (nSPS) is 25.7. The molecule has 9 heteroatoms. The van der Waals surface area contributed by atoms with E-state index in [-0.39, 0.29) is 25.5 Å². The van der Waals surface area contributed by atoms with Gasteiger partial charge in [-0.05, 0) is 88.7 Å². The van der Waals surface area contributed by atoms with Crippen molar-refractivity contribution in [3.63, 3.8) is 0 Å². The SMILES string of the molecule is COC[C@@H]1CCCN1P([C]1[CH][CH][CH][C]1[C@H](O)c1ccccc1Br)N1CCC[C@H]1COC.[B].[CH]1[CH][CH][CH][CH]1.[Fe+2]. The summed E-state index contributed by atoms with van der Waals surface area (Å²) < 4.78 is 17.5. The Kier molecular flexibility index (Phi) is 16.6. The van der Waals surface area contributed by atoms with E-state index in [0.717, 1.165) is 55.1 Å². The number of hydrogen-bond donors (Lipinski definition) is 1. The molecule has 0 bridgehead atoms. The van der Waals surface area contributed by atoms with Crippen LogP contribution in [0.5, 0.6) is 0 Å². The molecule has 3 atom stereocenters. The summed E-state index contributed by atoms with van der Waals surface area (Å²) in [5.74, 6) is 1.02. The molecule has 0 spiro atoms. The molecular formula is C29H38BBrFeN2O3P+2. The number of aliphatic hydroxyl groups is 1. The summed E-state index contributed by atoms with van der Waals surface area (Å²) >= 11 is 3.63. The van der Waals surface area contributed by atoms with E-state index < -0.39 is 14.3 Å². The maximum atomic E-state index is 11.4. The molecule has 2 aliphatic heterocycles. The molecule has 0 aromatic heterocycles. The standard InChI is InChI=1S/C24H33BrN2O3P.C5H5.B.Fe/c1-29-16-18-8-6-14-26(18)31(27-15-7-9-19(27)17-30-2)23-13-5-11-21(23)24(28)20-10-3-4-12-22(20)25;1-2-4-5-3-1;;/h3-5,10-13,18-19,24,28H,6-9,14-17H2,1-2H3;1-5H;;/q;;;+2/t18-,19-,24+;;;/m0.../s1. The van der Waals surface area contributed by atoms with Crippen LogP contribution >= 0.6 is 24.2 Å². The predicted octanol–water partition coefficient (Wildman–Crippen LogP) is 5.39. The Bertz CT molecular complexity index is 764. The molecule has 2 aliphatic carbocycles. The van der Waals surface area contributed by atoms with E-state index in [1.54, 1.807) is 14.2 Å². The van der Waals surface area contributed by atoms with Gasteiger partial charge in [-0.3, -0.25) is 9.34 Å². The fraction of sp³-hybridized carbons (Fsp3) is 0.448. The largest absolute Gasteiger partial charge is 2.00 e. The monoisotopic (exact) mass is 639 g/mol. The smallest absolute Gasteiger partial charge is 0.388 e. The van der Waals surface area contributed by atoms with Crippen LogP contribution in [0.1, 0.15) is 37.4 Å². The second kappa shape index (κ2) is 18.1. The van der Waals surface area contributed by atoms with Crippen LogP contribution in [0.4, 0.5) is 0 Å². The zero-order chi connectivity index (χ0) is 25.3. The minimum absolute atomic E-state index is 0. The quantitative estimate of drug-likeness (QED) is 0.290. The van der Waals surface area contributed by atoms with Crippen molar-refractivity contribution in [2.75, 3.05) is 40.5 Å². The van der Waals surface area contributed by atoms with E-state index >= 15 is 0 Å². The van der Waals surface area contributed by atoms with Crippen LogP contribution < -0.4 is 0 Å². The molecule has 0 unspecified atom stereocenters. The Hall–Kier alpha value is 0.514. The van der Waals surface area contributed by atoms with Gasteiger partial charge in [-0.25, -0.2) is 0 Å². The molecule has 4 fully saturated rings. The van der Waals surface area contributed by atoms with Crippen molar-refractivity contribution in [3.8, 4) is 0 Å². The van der Waals surface area contributed by atoms with E-state index in [1.807, 2.05) is 56.4 Å². The van der Waals surface area contributed by atoms with Crippen molar-refractivity contribution in [1.82, 2.24) is 9.34 Å². The van der Waals surface area contributed by atoms with E-state index in [1.165, 1.54) is 18.5 Å². The Morgan fingerprint density at radius 2 is 1.42 bits per heavy atom. The average molecular weight is 640 g/mol. The first-order valence-corrected chi connectivity index (χ1v) is 14.9. The maximum Gasteiger partial charge on any atom is 2.00 e. The zero-order valence-electron chi connectivity index (χ0n) is 22.2. The summed E-state index contributed by atoms with van der Waals surface area (Å²) in [7, 11) is 2.85. The van der Waals surface area contributed by atoms with Gasteiger partial charge in [-0.1, -0.05) is 34.1 Å². The molecule has 1 N–H and O–H groups in total. The second-order valence-electron chi connectivity index (χ2n) is 9.37. The van der Waals surface area contributed by atoms with Crippen LogP contribution in [0, 0.1) is 62.9 Å². The minimum atomic E-state index is -0.745. The summed E-state index contributed by atoms with van der Waals surface area (Å²) in [4.78, 5) is 0. The van der Waals surface area contributed by atoms with Gasteiger partial charge >= 0.3 is 17.1 Å². The van der Waals surface area contributed by atoms with Crippen LogP contribution in [0.2, 0.25) is 0 Å². The molecular weight excluding hydrogens is 602 g/mol. The van der Waals surface area contributed by atoms with Crippen LogP contribution in [0.3, 0.4) is 0 Å². The molecule has 2 saturated heterocycles. The molecule has 0 amide bonds. The van der Waals surface area contributed by atoms with E-state index in [2.05, 4.69) is 44.5 Å². The first-order valence-electron chi connectivity index (χ1n) is 12.8. The van der Waals surface area contributed by atoms with Gasteiger partial charge in [0.1, 0.15) is 0 Å². The first-order chi connectivity index (χ1) is 17.7. The molecule has 2 heterocycles. The Morgan fingerprint density at radius 1 is 0.895 bits per heavy atom. The Morgan fingerprint density at radius 3 is 1.92 bits per heavy atom. The van der Waals surface area contributed by atoms with Gasteiger partial charge < -0.3 is 14.6 Å². The molecule has 1 aromatic rings. The molecule has 13 radical (unpaired) electrons. The molecule has 203 valence electrons. The third-order valence-electron chi connectivity index (χ3n) is 6.99. The average Bonchev–Trinajstić information content (AvgIpc) is 3.70. The van der Waals surface area contributed by atoms with Crippen LogP contribution in [-0.2, 0) is 26.5 Å². The number of nitrogens with zero attached hydrogens (tertiary/aromatic N) is 2. The number of aliphatic hydroxyl groups excluding tert-OH is 1. The van der Waals surface area contributed by atoms with E-state index in [4.69, 9.17) is 9.47 Å². The Balaban J connectivity index is 0.000000651. The third-order valence-corrected chi connectivity index (χ3v) is 10.6. The van der Waals surface area contributed by atoms with Gasteiger partial charge in [0.15, 0.2) is 0 Å². The fourth-order valence-electron chi connectivity index (χ4n) is 5.31. The predicted molar refractivity (Wildman–Crippen MR) is 156 cm³/mol. The van der Waals surface area contributed by atoms with Gasteiger partial charge in [0, 0.05) is 72.1 Å². The first kappa shape index (κ1) is 34.7. The minimum Gasteiger partial charge on any atom is -0.388 e. The van der Waals surface area contributed by atoms with Crippen molar-refractivity contribution >= 4 is 32.6 Å². The summed E-state index contributed by atoms with van der Waals surface area (Å²) in [6, 6.07) is 8.80. The molecule has 2 saturated carbocycles. The van der Waals surface area contributed by atoms with Crippen molar-refractivity contribution in [2.24, 2.45) is 0 Å². The fourth-order valence-corrected chi connectivity index (χ4v) is 8.95. The molecule has 5 nitrogen and oxygen atoms in total. The summed E-state index contributed by atoms with van der Waals surface area (Å²) in [5, 5.41) is 11.4. The van der Waals surface area contributed by atoms with Crippen LogP contribution in [0.15, 0.2) is 28.7 Å². The molecule has 38 heavy (non-hydrogen) atoms. The van der Waals surface area contributed by atoms with Gasteiger partial charge in [-0.15, -0.1) is 0 Å². The van der Waals surface area contributed by atoms with E-state index in [0.29, 0.717) is 12.1 Å². The Labute approximate surface area is 254 Å². The number of ether oxygens (including phenoxy) is 2. The van der Waals surface area contributed by atoms with Gasteiger partial charge in [0.05, 0.1) is 19.3 Å². The maximum absolute atomic E-state index is 11.4.